The van der Waals surface area contributed by atoms with E-state index < -0.39 is 0 Å². The van der Waals surface area contributed by atoms with Gasteiger partial charge in [-0.05, 0) is 76.2 Å². The first-order chi connectivity index (χ1) is 21.2. The Morgan fingerprint density at radius 1 is 0.698 bits per heavy atom. The highest BCUT2D eigenvalue weighted by Gasteiger charge is 2.23. The standard InChI is InChI=1S/C41H30N2/c1-27-18-20-30(21-19-27)41-42-39(37-24-31-12-4-6-14-33(31)28-10-2-3-11-29(37)23-22-28)26-40(43-41)38-25-32-13-5-7-15-34(32)35-16-8-9-17-36(35)38/h3-9,11-21,24-26,28-29H,2,10H2,1H3/b11-3-,37-24+. The molecule has 0 fully saturated rings. The van der Waals surface area contributed by atoms with Crippen molar-refractivity contribution in [2.24, 2.45) is 5.92 Å². The smallest absolute Gasteiger partial charge is 0.160 e. The van der Waals surface area contributed by atoms with Crippen LogP contribution in [0.4, 0.5) is 0 Å². The van der Waals surface area contributed by atoms with Crippen molar-refractivity contribution in [3.8, 4) is 34.5 Å². The van der Waals surface area contributed by atoms with E-state index in [9.17, 15) is 0 Å². The van der Waals surface area contributed by atoms with Crippen molar-refractivity contribution in [3.63, 3.8) is 0 Å². The first-order valence-electron chi connectivity index (χ1n) is 15.1. The van der Waals surface area contributed by atoms with Crippen molar-refractivity contribution in [1.82, 2.24) is 9.97 Å². The van der Waals surface area contributed by atoms with Crippen LogP contribution in [-0.4, -0.2) is 9.97 Å². The summed E-state index contributed by atoms with van der Waals surface area (Å²) >= 11 is 0. The van der Waals surface area contributed by atoms with E-state index in [1.54, 1.807) is 0 Å². The van der Waals surface area contributed by atoms with Crippen LogP contribution in [0.3, 0.4) is 0 Å². The molecule has 43 heavy (non-hydrogen) atoms. The summed E-state index contributed by atoms with van der Waals surface area (Å²) in [5.41, 5.74) is 8.79. The minimum absolute atomic E-state index is 0.0434. The monoisotopic (exact) mass is 550 g/mol. The topological polar surface area (TPSA) is 25.8 Å². The Morgan fingerprint density at radius 2 is 1.44 bits per heavy atom. The maximum absolute atomic E-state index is 5.26. The molecule has 2 bridgehead atoms. The van der Waals surface area contributed by atoms with Crippen molar-refractivity contribution in [3.05, 3.63) is 144 Å². The van der Waals surface area contributed by atoms with Gasteiger partial charge in [0.15, 0.2) is 5.82 Å². The summed E-state index contributed by atoms with van der Waals surface area (Å²) < 4.78 is 0. The zero-order chi connectivity index (χ0) is 28.8. The van der Waals surface area contributed by atoms with E-state index in [2.05, 4.69) is 146 Å². The van der Waals surface area contributed by atoms with Gasteiger partial charge in [0.1, 0.15) is 0 Å². The van der Waals surface area contributed by atoms with Gasteiger partial charge in [0.2, 0.25) is 0 Å². The quantitative estimate of drug-likeness (QED) is 0.124. The van der Waals surface area contributed by atoms with Gasteiger partial charge in [-0.2, -0.15) is 0 Å². The van der Waals surface area contributed by atoms with E-state index in [0.29, 0.717) is 0 Å². The molecule has 0 N–H and O–H groups in total. The minimum atomic E-state index is -0.0434. The Kier molecular flexibility index (Phi) is 6.24. The molecule has 2 unspecified atom stereocenters. The van der Waals surface area contributed by atoms with Crippen molar-refractivity contribution in [2.45, 2.75) is 25.7 Å². The van der Waals surface area contributed by atoms with Crippen molar-refractivity contribution in [2.75, 3.05) is 0 Å². The zero-order valence-corrected chi connectivity index (χ0v) is 24.1. The maximum Gasteiger partial charge on any atom is 0.160 e. The summed E-state index contributed by atoms with van der Waals surface area (Å²) in [5.74, 6) is 8.19. The summed E-state index contributed by atoms with van der Waals surface area (Å²) in [5, 5.41) is 4.86. The molecule has 1 heterocycles. The fourth-order valence-electron chi connectivity index (χ4n) is 6.50. The van der Waals surface area contributed by atoms with E-state index in [1.807, 2.05) is 0 Å². The van der Waals surface area contributed by atoms with Gasteiger partial charge in [0.05, 0.1) is 17.3 Å². The lowest BCUT2D eigenvalue weighted by Gasteiger charge is -2.22. The van der Waals surface area contributed by atoms with Crippen LogP contribution in [0.25, 0.3) is 55.8 Å². The fourth-order valence-corrected chi connectivity index (χ4v) is 6.50. The van der Waals surface area contributed by atoms with E-state index in [-0.39, 0.29) is 11.8 Å². The average Bonchev–Trinajstić information content (AvgIpc) is 3.04. The SMILES string of the molecule is Cc1ccc(-c2nc(/C3=C/c4ccccc4C4C#CC3/C=C\CC4)cc(-c3cc4ccccc4c4ccccc34)n2)cc1. The highest BCUT2D eigenvalue weighted by molar-refractivity contribution is 6.13. The fraction of sp³-hybridized carbons (Fsp3) is 0.122. The van der Waals surface area contributed by atoms with Gasteiger partial charge in [-0.25, -0.2) is 9.97 Å². The van der Waals surface area contributed by atoms with E-state index >= 15 is 0 Å². The Morgan fingerprint density at radius 3 is 2.33 bits per heavy atom. The van der Waals surface area contributed by atoms with Gasteiger partial charge in [0.25, 0.3) is 0 Å². The number of hydrogen-bond acceptors (Lipinski definition) is 2. The Hall–Kier alpha value is -5.26. The molecule has 2 aliphatic carbocycles. The molecule has 0 amide bonds. The average molecular weight is 551 g/mol. The molecule has 0 saturated heterocycles. The lowest BCUT2D eigenvalue weighted by atomic mass is 9.82. The second kappa shape index (κ2) is 10.5. The second-order valence-electron chi connectivity index (χ2n) is 11.6. The number of benzene rings is 5. The van der Waals surface area contributed by atoms with Crippen molar-refractivity contribution < 1.29 is 0 Å². The van der Waals surface area contributed by atoms with Crippen LogP contribution in [0.2, 0.25) is 0 Å². The van der Waals surface area contributed by atoms with Crippen LogP contribution in [0.1, 0.15) is 41.1 Å². The molecule has 0 spiro atoms. The molecule has 2 aliphatic rings. The Labute approximate surface area is 252 Å². The van der Waals surface area contributed by atoms with Gasteiger partial charge in [-0.1, -0.05) is 127 Å². The number of aryl methyl sites for hydroxylation is 1. The lowest BCUT2D eigenvalue weighted by Crippen LogP contribution is -2.09. The highest BCUT2D eigenvalue weighted by Crippen LogP contribution is 2.39. The third kappa shape index (κ3) is 4.64. The predicted octanol–water partition coefficient (Wildman–Crippen LogP) is 10.0. The van der Waals surface area contributed by atoms with Gasteiger partial charge in [0, 0.05) is 17.0 Å². The van der Waals surface area contributed by atoms with E-state index in [0.717, 1.165) is 46.8 Å². The molecule has 2 nitrogen and oxygen atoms in total. The Balaban J connectivity index is 1.42. The highest BCUT2D eigenvalue weighted by atomic mass is 14.9. The molecule has 5 aromatic carbocycles. The minimum Gasteiger partial charge on any atom is -0.228 e. The van der Waals surface area contributed by atoms with Gasteiger partial charge >= 0.3 is 0 Å². The van der Waals surface area contributed by atoms with E-state index in [1.165, 1.54) is 38.2 Å². The molecule has 6 aromatic rings. The first-order valence-corrected chi connectivity index (χ1v) is 15.1. The van der Waals surface area contributed by atoms with Gasteiger partial charge in [-0.3, -0.25) is 0 Å². The number of nitrogens with zero attached hydrogens (tertiary/aromatic N) is 2. The molecule has 0 saturated carbocycles. The first kappa shape index (κ1) is 25.5. The number of hydrogen-bond donors (Lipinski definition) is 0. The molecule has 0 aliphatic heterocycles. The predicted molar refractivity (Wildman–Crippen MR) is 179 cm³/mol. The summed E-state index contributed by atoms with van der Waals surface area (Å²) in [6.07, 6.45) is 8.94. The summed E-state index contributed by atoms with van der Waals surface area (Å²) in [6, 6.07) is 38.9. The van der Waals surface area contributed by atoms with E-state index in [4.69, 9.17) is 9.97 Å². The largest absolute Gasteiger partial charge is 0.228 e. The maximum atomic E-state index is 5.26. The summed E-state index contributed by atoms with van der Waals surface area (Å²) in [7, 11) is 0. The van der Waals surface area contributed by atoms with Crippen LogP contribution in [-0.2, 0) is 0 Å². The van der Waals surface area contributed by atoms with Crippen LogP contribution in [0.15, 0.2) is 121 Å². The normalized spacial score (nSPS) is 19.2. The van der Waals surface area contributed by atoms with Crippen molar-refractivity contribution >= 4 is 33.2 Å². The molecule has 0 radical (unpaired) electrons. The molecular weight excluding hydrogens is 520 g/mol. The lowest BCUT2D eigenvalue weighted by molar-refractivity contribution is 0.759. The van der Waals surface area contributed by atoms with Crippen LogP contribution in [0.5, 0.6) is 0 Å². The number of rotatable bonds is 3. The third-order valence-electron chi connectivity index (χ3n) is 8.76. The van der Waals surface area contributed by atoms with Crippen molar-refractivity contribution in [1.29, 1.82) is 0 Å². The molecule has 204 valence electrons. The molecule has 2 atom stereocenters. The zero-order valence-electron chi connectivity index (χ0n) is 24.1. The summed E-state index contributed by atoms with van der Waals surface area (Å²) in [6.45, 7) is 2.11. The number of fused-ring (bicyclic) bond motifs is 7. The van der Waals surface area contributed by atoms with Gasteiger partial charge < -0.3 is 0 Å². The number of allylic oxidation sites excluding steroid dienone is 3. The summed E-state index contributed by atoms with van der Waals surface area (Å²) in [4.78, 5) is 10.5. The van der Waals surface area contributed by atoms with Crippen LogP contribution in [0, 0.1) is 24.7 Å². The van der Waals surface area contributed by atoms with Gasteiger partial charge in [-0.15, -0.1) is 0 Å². The number of aromatic nitrogens is 2. The molecule has 8 rings (SSSR count). The van der Waals surface area contributed by atoms with Crippen LogP contribution < -0.4 is 0 Å². The Bertz CT molecular complexity index is 2160. The second-order valence-corrected chi connectivity index (χ2v) is 11.6. The molecule has 2 heteroatoms. The molecular formula is C41H30N2. The third-order valence-corrected chi connectivity index (χ3v) is 8.76. The molecule has 1 aromatic heterocycles. The van der Waals surface area contributed by atoms with Crippen LogP contribution >= 0.6 is 0 Å².